The third-order valence-corrected chi connectivity index (χ3v) is 6.62. The number of hydrogen-bond donors (Lipinski definition) is 0. The maximum atomic E-state index is 13.1. The first-order valence-corrected chi connectivity index (χ1v) is 11.0. The van der Waals surface area contributed by atoms with Crippen LogP contribution in [-0.2, 0) is 16.0 Å². The van der Waals surface area contributed by atoms with Crippen molar-refractivity contribution < 1.29 is 9.59 Å². The van der Waals surface area contributed by atoms with Gasteiger partial charge in [-0.1, -0.05) is 37.3 Å². The summed E-state index contributed by atoms with van der Waals surface area (Å²) < 4.78 is 0. The van der Waals surface area contributed by atoms with Gasteiger partial charge >= 0.3 is 0 Å². The molecule has 1 aromatic heterocycles. The van der Waals surface area contributed by atoms with Gasteiger partial charge in [-0.2, -0.15) is 0 Å². The Bertz CT molecular complexity index is 789. The third kappa shape index (κ3) is 4.46. The summed E-state index contributed by atoms with van der Waals surface area (Å²) >= 11 is 1.73. The summed E-state index contributed by atoms with van der Waals surface area (Å²) in [7, 11) is 3.66. The molecule has 5 heteroatoms. The van der Waals surface area contributed by atoms with E-state index in [9.17, 15) is 9.59 Å². The van der Waals surface area contributed by atoms with Crippen molar-refractivity contribution >= 4 is 23.2 Å². The van der Waals surface area contributed by atoms with Crippen LogP contribution in [0.3, 0.4) is 0 Å². The first-order chi connectivity index (χ1) is 13.4. The lowest BCUT2D eigenvalue weighted by atomic mass is 9.72. The molecule has 1 aliphatic rings. The second-order valence-electron chi connectivity index (χ2n) is 7.96. The van der Waals surface area contributed by atoms with Crippen molar-refractivity contribution in [3.05, 3.63) is 47.3 Å². The number of nitrogens with zero attached hydrogens (tertiary/aromatic N) is 2. The summed E-state index contributed by atoms with van der Waals surface area (Å²) in [5.41, 5.74) is 1.98. The number of carbonyl (C=O) groups excluding carboxylic acids is 2. The van der Waals surface area contributed by atoms with E-state index in [0.29, 0.717) is 19.5 Å². The van der Waals surface area contributed by atoms with Gasteiger partial charge in [-0.15, -0.1) is 11.3 Å². The Hall–Kier alpha value is -2.14. The summed E-state index contributed by atoms with van der Waals surface area (Å²) in [6.07, 6.45) is 3.65. The number of piperidine rings is 1. The molecule has 1 fully saturated rings. The van der Waals surface area contributed by atoms with Crippen LogP contribution in [-0.4, -0.2) is 48.8 Å². The van der Waals surface area contributed by atoms with Crippen molar-refractivity contribution in [2.45, 2.75) is 39.0 Å². The second kappa shape index (κ2) is 8.91. The zero-order chi connectivity index (χ0) is 20.1. The molecule has 1 saturated heterocycles. The van der Waals surface area contributed by atoms with Gasteiger partial charge in [-0.25, -0.2) is 0 Å². The van der Waals surface area contributed by atoms with Gasteiger partial charge in [-0.05, 0) is 48.3 Å². The van der Waals surface area contributed by atoms with Crippen molar-refractivity contribution in [3.8, 4) is 10.4 Å². The Labute approximate surface area is 172 Å². The average Bonchev–Trinajstić information content (AvgIpc) is 3.23. The molecular weight excluding hydrogens is 368 g/mol. The normalized spacial score (nSPS) is 16.0. The topological polar surface area (TPSA) is 40.6 Å². The molecule has 0 spiro atoms. The standard InChI is InChI=1S/C23H30N2O2S/c1-4-6-21(26)25-14-12-23(13-15-25,22(27)24(2)3)17-18-8-10-19(11-9-18)20-7-5-16-28-20/h5,7-11,16H,4,6,12-15,17H2,1-3H3. The van der Waals surface area contributed by atoms with E-state index in [-0.39, 0.29) is 11.8 Å². The summed E-state index contributed by atoms with van der Waals surface area (Å²) in [6, 6.07) is 12.8. The number of carbonyl (C=O) groups is 2. The van der Waals surface area contributed by atoms with Crippen molar-refractivity contribution in [1.82, 2.24) is 9.80 Å². The summed E-state index contributed by atoms with van der Waals surface area (Å²) in [5, 5.41) is 2.08. The largest absolute Gasteiger partial charge is 0.348 e. The lowest BCUT2D eigenvalue weighted by molar-refractivity contribution is -0.146. The Morgan fingerprint density at radius 3 is 2.32 bits per heavy atom. The maximum Gasteiger partial charge on any atom is 0.228 e. The molecule has 0 saturated carbocycles. The lowest BCUT2D eigenvalue weighted by Crippen LogP contribution is -2.50. The van der Waals surface area contributed by atoms with Gasteiger partial charge in [-0.3, -0.25) is 9.59 Å². The first kappa shape index (κ1) is 20.6. The van der Waals surface area contributed by atoms with Crippen LogP contribution in [0.5, 0.6) is 0 Å². The minimum absolute atomic E-state index is 0.178. The molecule has 28 heavy (non-hydrogen) atoms. The van der Waals surface area contributed by atoms with Crippen LogP contribution in [0.4, 0.5) is 0 Å². The molecule has 1 aliphatic heterocycles. The van der Waals surface area contributed by atoms with E-state index in [2.05, 4.69) is 41.8 Å². The zero-order valence-corrected chi connectivity index (χ0v) is 17.9. The summed E-state index contributed by atoms with van der Waals surface area (Å²) in [5.74, 6) is 0.395. The van der Waals surface area contributed by atoms with E-state index >= 15 is 0 Å². The van der Waals surface area contributed by atoms with Crippen LogP contribution in [0.15, 0.2) is 41.8 Å². The predicted molar refractivity (Wildman–Crippen MR) is 115 cm³/mol. The fourth-order valence-corrected chi connectivity index (χ4v) is 4.85. The molecule has 3 rings (SSSR count). The fourth-order valence-electron chi connectivity index (χ4n) is 4.12. The summed E-state index contributed by atoms with van der Waals surface area (Å²) in [4.78, 5) is 30.3. The van der Waals surface area contributed by atoms with Crippen LogP contribution < -0.4 is 0 Å². The van der Waals surface area contributed by atoms with Crippen molar-refractivity contribution in [3.63, 3.8) is 0 Å². The third-order valence-electron chi connectivity index (χ3n) is 5.70. The van der Waals surface area contributed by atoms with Crippen LogP contribution in [0.25, 0.3) is 10.4 Å². The van der Waals surface area contributed by atoms with Gasteiger partial charge in [0.25, 0.3) is 0 Å². The highest BCUT2D eigenvalue weighted by atomic mass is 32.1. The Morgan fingerprint density at radius 1 is 1.11 bits per heavy atom. The Kier molecular flexibility index (Phi) is 6.55. The molecule has 150 valence electrons. The van der Waals surface area contributed by atoms with E-state index in [1.807, 2.05) is 25.9 Å². The monoisotopic (exact) mass is 398 g/mol. The Morgan fingerprint density at radius 2 is 1.79 bits per heavy atom. The van der Waals surface area contributed by atoms with Gasteiger partial charge in [0, 0.05) is 38.5 Å². The van der Waals surface area contributed by atoms with Gasteiger partial charge in [0.05, 0.1) is 5.41 Å². The molecule has 4 nitrogen and oxygen atoms in total. The first-order valence-electron chi connectivity index (χ1n) is 10.1. The van der Waals surface area contributed by atoms with E-state index < -0.39 is 5.41 Å². The van der Waals surface area contributed by atoms with Crippen LogP contribution in [0.1, 0.15) is 38.2 Å². The molecule has 0 bridgehead atoms. The van der Waals surface area contributed by atoms with Crippen LogP contribution >= 0.6 is 11.3 Å². The lowest BCUT2D eigenvalue weighted by Gasteiger charge is -2.42. The highest BCUT2D eigenvalue weighted by Crippen LogP contribution is 2.37. The minimum Gasteiger partial charge on any atom is -0.348 e. The second-order valence-corrected chi connectivity index (χ2v) is 8.91. The van der Waals surface area contributed by atoms with Crippen molar-refractivity contribution in [1.29, 1.82) is 0 Å². The quantitative estimate of drug-likeness (QED) is 0.721. The number of amides is 2. The van der Waals surface area contributed by atoms with Crippen LogP contribution in [0, 0.1) is 5.41 Å². The van der Waals surface area contributed by atoms with E-state index in [1.54, 1.807) is 16.2 Å². The molecule has 1 aromatic carbocycles. The molecular formula is C23H30N2O2S. The van der Waals surface area contributed by atoms with Crippen molar-refractivity contribution in [2.75, 3.05) is 27.2 Å². The smallest absolute Gasteiger partial charge is 0.228 e. The van der Waals surface area contributed by atoms with E-state index in [0.717, 1.165) is 25.7 Å². The van der Waals surface area contributed by atoms with Crippen LogP contribution in [0.2, 0.25) is 0 Å². The number of benzene rings is 1. The minimum atomic E-state index is -0.420. The molecule has 0 radical (unpaired) electrons. The van der Waals surface area contributed by atoms with Gasteiger partial charge in [0.1, 0.15) is 0 Å². The molecule has 0 N–H and O–H groups in total. The SMILES string of the molecule is CCCC(=O)N1CCC(Cc2ccc(-c3cccs3)cc2)(C(=O)N(C)C)CC1. The number of thiophene rings is 1. The Balaban J connectivity index is 1.76. The summed E-state index contributed by atoms with van der Waals surface area (Å²) in [6.45, 7) is 3.37. The van der Waals surface area contributed by atoms with Crippen molar-refractivity contribution in [2.24, 2.45) is 5.41 Å². The highest BCUT2D eigenvalue weighted by molar-refractivity contribution is 7.13. The molecule has 2 aromatic rings. The maximum absolute atomic E-state index is 13.1. The molecule has 2 heterocycles. The molecule has 2 amide bonds. The predicted octanol–water partition coefficient (Wildman–Crippen LogP) is 4.45. The number of rotatable bonds is 6. The fraction of sp³-hybridized carbons (Fsp3) is 0.478. The zero-order valence-electron chi connectivity index (χ0n) is 17.1. The van der Waals surface area contributed by atoms with Gasteiger partial charge in [0.2, 0.25) is 11.8 Å². The van der Waals surface area contributed by atoms with E-state index in [1.165, 1.54) is 16.0 Å². The average molecular weight is 399 g/mol. The van der Waals surface area contributed by atoms with Gasteiger partial charge in [0.15, 0.2) is 0 Å². The highest BCUT2D eigenvalue weighted by Gasteiger charge is 2.42. The van der Waals surface area contributed by atoms with E-state index in [4.69, 9.17) is 0 Å². The van der Waals surface area contributed by atoms with Gasteiger partial charge < -0.3 is 9.80 Å². The molecule has 0 atom stereocenters. The number of hydrogen-bond acceptors (Lipinski definition) is 3. The molecule has 0 aliphatic carbocycles. The molecule has 0 unspecified atom stereocenters. The number of likely N-dealkylation sites (tertiary alicyclic amines) is 1.